The first-order valence-electron chi connectivity index (χ1n) is 10.6. The zero-order chi connectivity index (χ0) is 22.7. The van der Waals surface area contributed by atoms with Gasteiger partial charge in [0, 0.05) is 17.9 Å². The molecule has 2 heterocycles. The molecule has 1 aliphatic heterocycles. The van der Waals surface area contributed by atoms with Gasteiger partial charge < -0.3 is 9.30 Å². The van der Waals surface area contributed by atoms with Gasteiger partial charge in [-0.2, -0.15) is 0 Å². The van der Waals surface area contributed by atoms with Gasteiger partial charge in [-0.15, -0.1) is 0 Å². The summed E-state index contributed by atoms with van der Waals surface area (Å²) in [7, 11) is 1.65. The van der Waals surface area contributed by atoms with Crippen LogP contribution in [0.15, 0.2) is 70.6 Å². The van der Waals surface area contributed by atoms with E-state index in [1.807, 2.05) is 60.7 Å². The lowest BCUT2D eigenvalue weighted by atomic mass is 10.2. The molecule has 3 aromatic rings. The Balaban J connectivity index is 1.70. The van der Waals surface area contributed by atoms with Crippen molar-refractivity contribution in [2.24, 2.45) is 4.99 Å². The third kappa shape index (κ3) is 4.50. The van der Waals surface area contributed by atoms with Crippen molar-refractivity contribution in [1.29, 1.82) is 0 Å². The quantitative estimate of drug-likeness (QED) is 0.441. The second-order valence-corrected chi connectivity index (χ2v) is 8.66. The smallest absolute Gasteiger partial charge is 0.267 e. The number of carbonyl (C=O) groups is 1. The third-order valence-electron chi connectivity index (χ3n) is 5.58. The van der Waals surface area contributed by atoms with Gasteiger partial charge in [0.05, 0.1) is 24.2 Å². The predicted molar refractivity (Wildman–Crippen MR) is 132 cm³/mol. The van der Waals surface area contributed by atoms with Gasteiger partial charge in [-0.1, -0.05) is 30.3 Å². The highest BCUT2D eigenvalue weighted by Crippen LogP contribution is 2.36. The van der Waals surface area contributed by atoms with E-state index >= 15 is 0 Å². The van der Waals surface area contributed by atoms with E-state index < -0.39 is 0 Å². The van der Waals surface area contributed by atoms with E-state index in [9.17, 15) is 4.79 Å². The fourth-order valence-electron chi connectivity index (χ4n) is 3.86. The molecule has 1 aromatic heterocycles. The standard InChI is InChI=1S/C26H27N3O2S/c1-5-28-18(2)15-21(19(28)3)16-24-25(30)29(17-20-11-13-23(31-4)14-12-20)26(32-24)27-22-9-7-6-8-10-22/h6-16H,5,17H2,1-4H3/b24-16-,27-26?. The minimum atomic E-state index is -0.0261. The summed E-state index contributed by atoms with van der Waals surface area (Å²) in [6, 6.07) is 19.7. The van der Waals surface area contributed by atoms with Gasteiger partial charge in [-0.05, 0) is 80.1 Å². The van der Waals surface area contributed by atoms with Gasteiger partial charge in [0.25, 0.3) is 5.91 Å². The molecular weight excluding hydrogens is 418 g/mol. The van der Waals surface area contributed by atoms with Crippen LogP contribution in [-0.4, -0.2) is 27.7 Å². The van der Waals surface area contributed by atoms with Gasteiger partial charge in [0.2, 0.25) is 0 Å². The summed E-state index contributed by atoms with van der Waals surface area (Å²) >= 11 is 1.43. The molecule has 164 valence electrons. The number of thioether (sulfide) groups is 1. The van der Waals surface area contributed by atoms with Crippen LogP contribution in [0.1, 0.15) is 29.4 Å². The van der Waals surface area contributed by atoms with Crippen LogP contribution in [0.2, 0.25) is 0 Å². The number of hydrogen-bond acceptors (Lipinski definition) is 4. The van der Waals surface area contributed by atoms with Crippen molar-refractivity contribution in [1.82, 2.24) is 9.47 Å². The molecular formula is C26H27N3O2S. The SMILES string of the molecule is CCn1c(C)cc(/C=C2\SC(=Nc3ccccc3)N(Cc3ccc(OC)cc3)C2=O)c1C. The van der Waals surface area contributed by atoms with Gasteiger partial charge >= 0.3 is 0 Å². The minimum absolute atomic E-state index is 0.0261. The predicted octanol–water partition coefficient (Wildman–Crippen LogP) is 5.94. The van der Waals surface area contributed by atoms with E-state index in [0.717, 1.165) is 29.1 Å². The molecule has 1 aliphatic rings. The number of aryl methyl sites for hydroxylation is 1. The number of rotatable bonds is 6. The Morgan fingerprint density at radius 1 is 1.06 bits per heavy atom. The first kappa shape index (κ1) is 22.0. The average Bonchev–Trinajstić information content (AvgIpc) is 3.24. The van der Waals surface area contributed by atoms with Crippen molar-refractivity contribution in [2.45, 2.75) is 33.9 Å². The second-order valence-electron chi connectivity index (χ2n) is 7.65. The summed E-state index contributed by atoms with van der Waals surface area (Å²) in [5.74, 6) is 0.766. The van der Waals surface area contributed by atoms with Crippen molar-refractivity contribution in [3.8, 4) is 5.75 Å². The molecule has 4 rings (SSSR count). The van der Waals surface area contributed by atoms with Crippen molar-refractivity contribution in [2.75, 3.05) is 7.11 Å². The Kier molecular flexibility index (Phi) is 6.51. The van der Waals surface area contributed by atoms with Gasteiger partial charge in [0.1, 0.15) is 5.75 Å². The Hall–Kier alpha value is -3.25. The molecule has 0 unspecified atom stereocenters. The fourth-order valence-corrected chi connectivity index (χ4v) is 4.85. The number of methoxy groups -OCH3 is 1. The Labute approximate surface area is 193 Å². The van der Waals surface area contributed by atoms with Crippen LogP contribution in [-0.2, 0) is 17.9 Å². The highest BCUT2D eigenvalue weighted by atomic mass is 32.2. The first-order valence-corrected chi connectivity index (χ1v) is 11.5. The summed E-state index contributed by atoms with van der Waals surface area (Å²) < 4.78 is 7.51. The summed E-state index contributed by atoms with van der Waals surface area (Å²) in [6.45, 7) is 7.69. The molecule has 1 saturated heterocycles. The van der Waals surface area contributed by atoms with Gasteiger partial charge in [-0.3, -0.25) is 9.69 Å². The molecule has 1 amide bonds. The molecule has 2 aromatic carbocycles. The van der Waals surface area contributed by atoms with E-state index in [0.29, 0.717) is 16.6 Å². The lowest BCUT2D eigenvalue weighted by molar-refractivity contribution is -0.122. The van der Waals surface area contributed by atoms with Crippen molar-refractivity contribution >= 4 is 34.6 Å². The molecule has 0 saturated carbocycles. The summed E-state index contributed by atoms with van der Waals surface area (Å²) in [4.78, 5) is 20.7. The molecule has 0 atom stereocenters. The number of nitrogens with zero attached hydrogens (tertiary/aromatic N) is 3. The van der Waals surface area contributed by atoms with E-state index in [2.05, 4.69) is 31.4 Å². The lowest BCUT2D eigenvalue weighted by Gasteiger charge is -2.16. The van der Waals surface area contributed by atoms with Crippen LogP contribution in [0.4, 0.5) is 5.69 Å². The average molecular weight is 446 g/mol. The van der Waals surface area contributed by atoms with E-state index in [1.54, 1.807) is 12.0 Å². The normalized spacial score (nSPS) is 16.4. The first-order chi connectivity index (χ1) is 15.5. The number of amides is 1. The van der Waals surface area contributed by atoms with Crippen LogP contribution in [0.25, 0.3) is 6.08 Å². The molecule has 1 fully saturated rings. The monoisotopic (exact) mass is 445 g/mol. The Morgan fingerprint density at radius 3 is 2.41 bits per heavy atom. The molecule has 0 N–H and O–H groups in total. The van der Waals surface area contributed by atoms with Crippen LogP contribution in [0, 0.1) is 13.8 Å². The number of ether oxygens (including phenoxy) is 1. The minimum Gasteiger partial charge on any atom is -0.497 e. The lowest BCUT2D eigenvalue weighted by Crippen LogP contribution is -2.28. The number of hydrogen-bond donors (Lipinski definition) is 0. The molecule has 0 aliphatic carbocycles. The van der Waals surface area contributed by atoms with Crippen molar-refractivity contribution in [3.05, 3.63) is 88.1 Å². The van der Waals surface area contributed by atoms with Gasteiger partial charge in [-0.25, -0.2) is 4.99 Å². The zero-order valence-electron chi connectivity index (χ0n) is 18.8. The molecule has 0 spiro atoms. The topological polar surface area (TPSA) is 46.8 Å². The second kappa shape index (κ2) is 9.49. The Bertz CT molecular complexity index is 1180. The maximum atomic E-state index is 13.4. The third-order valence-corrected chi connectivity index (χ3v) is 6.59. The molecule has 5 nitrogen and oxygen atoms in total. The number of benzene rings is 2. The van der Waals surface area contributed by atoms with Crippen LogP contribution >= 0.6 is 11.8 Å². The number of carbonyl (C=O) groups excluding carboxylic acids is 1. The molecule has 6 heteroatoms. The van der Waals surface area contributed by atoms with Crippen LogP contribution in [0.5, 0.6) is 5.75 Å². The zero-order valence-corrected chi connectivity index (χ0v) is 19.6. The maximum absolute atomic E-state index is 13.4. The highest BCUT2D eigenvalue weighted by molar-refractivity contribution is 8.18. The van der Waals surface area contributed by atoms with Crippen LogP contribution < -0.4 is 4.74 Å². The van der Waals surface area contributed by atoms with Gasteiger partial charge in [0.15, 0.2) is 5.17 Å². The maximum Gasteiger partial charge on any atom is 0.267 e. The molecule has 0 radical (unpaired) electrons. The van der Waals surface area contributed by atoms with Crippen molar-refractivity contribution in [3.63, 3.8) is 0 Å². The van der Waals surface area contributed by atoms with Crippen molar-refractivity contribution < 1.29 is 9.53 Å². The number of aliphatic imine (C=N–C) groups is 1. The Morgan fingerprint density at radius 2 is 1.78 bits per heavy atom. The largest absolute Gasteiger partial charge is 0.497 e. The molecule has 0 bridgehead atoms. The molecule has 32 heavy (non-hydrogen) atoms. The van der Waals surface area contributed by atoms with E-state index in [1.165, 1.54) is 23.1 Å². The number of para-hydroxylation sites is 1. The van der Waals surface area contributed by atoms with Crippen LogP contribution in [0.3, 0.4) is 0 Å². The highest BCUT2D eigenvalue weighted by Gasteiger charge is 2.33. The summed E-state index contributed by atoms with van der Waals surface area (Å²) in [6.07, 6.45) is 2.00. The van der Waals surface area contributed by atoms with E-state index in [4.69, 9.17) is 9.73 Å². The summed E-state index contributed by atoms with van der Waals surface area (Å²) in [5.41, 5.74) is 5.28. The summed E-state index contributed by atoms with van der Waals surface area (Å²) in [5, 5.41) is 0.688. The van der Waals surface area contributed by atoms with E-state index in [-0.39, 0.29) is 5.91 Å². The number of amidine groups is 1. The number of aromatic nitrogens is 1. The fraction of sp³-hybridized carbons (Fsp3) is 0.231.